The zero-order chi connectivity index (χ0) is 21.8. The Morgan fingerprint density at radius 1 is 1.00 bits per heavy atom. The number of carbonyl (C=O) groups is 2. The Morgan fingerprint density at radius 3 is 2.30 bits per heavy atom. The van der Waals surface area contributed by atoms with Crippen molar-refractivity contribution in [1.82, 2.24) is 0 Å². The van der Waals surface area contributed by atoms with Crippen LogP contribution in [-0.4, -0.2) is 17.9 Å². The Bertz CT molecular complexity index is 715. The van der Waals surface area contributed by atoms with Crippen LogP contribution in [-0.2, 0) is 9.53 Å². The second kappa shape index (κ2) is 13.3. The average molecular weight is 411 g/mol. The van der Waals surface area contributed by atoms with Crippen molar-refractivity contribution < 1.29 is 14.3 Å². The number of hydrogen-bond donors (Lipinski definition) is 0. The van der Waals surface area contributed by atoms with E-state index in [-0.39, 0.29) is 5.78 Å². The molecule has 1 saturated carbocycles. The number of carbonyl (C=O) groups excluding carboxylic acids is 2. The SMILES string of the molecule is CCC#CC(=O)C(C)OC(=O)c1ccc(C2CCC(CCCCCCC)CC2)cc1. The highest BCUT2D eigenvalue weighted by molar-refractivity contribution is 6.01. The van der Waals surface area contributed by atoms with Gasteiger partial charge in [0.15, 0.2) is 6.10 Å². The van der Waals surface area contributed by atoms with Crippen molar-refractivity contribution in [2.24, 2.45) is 5.92 Å². The van der Waals surface area contributed by atoms with E-state index in [1.54, 1.807) is 6.92 Å². The lowest BCUT2D eigenvalue weighted by atomic mass is 9.77. The van der Waals surface area contributed by atoms with Crippen molar-refractivity contribution in [1.29, 1.82) is 0 Å². The molecular formula is C27H38O3. The van der Waals surface area contributed by atoms with E-state index in [2.05, 4.69) is 30.9 Å². The van der Waals surface area contributed by atoms with Crippen molar-refractivity contribution >= 4 is 11.8 Å². The van der Waals surface area contributed by atoms with Gasteiger partial charge in [0.05, 0.1) is 5.56 Å². The largest absolute Gasteiger partial charge is 0.450 e. The number of Topliss-reactive ketones (excluding diaryl/α,β-unsaturated/α-hetero) is 1. The van der Waals surface area contributed by atoms with Gasteiger partial charge in [0.1, 0.15) is 0 Å². The molecule has 1 aliphatic carbocycles. The molecule has 0 N–H and O–H groups in total. The molecule has 164 valence electrons. The fraction of sp³-hybridized carbons (Fsp3) is 0.630. The lowest BCUT2D eigenvalue weighted by Gasteiger charge is -2.29. The first-order valence-corrected chi connectivity index (χ1v) is 11.9. The Labute approximate surface area is 183 Å². The Morgan fingerprint density at radius 2 is 1.67 bits per heavy atom. The highest BCUT2D eigenvalue weighted by atomic mass is 16.5. The molecule has 3 heteroatoms. The Kier molecular flexibility index (Phi) is 10.7. The first kappa shape index (κ1) is 24.2. The van der Waals surface area contributed by atoms with Crippen LogP contribution in [0.2, 0.25) is 0 Å². The number of esters is 1. The third-order valence-electron chi connectivity index (χ3n) is 6.22. The van der Waals surface area contributed by atoms with Gasteiger partial charge in [-0.3, -0.25) is 4.79 Å². The second-order valence-corrected chi connectivity index (χ2v) is 8.61. The van der Waals surface area contributed by atoms with Crippen LogP contribution in [0.15, 0.2) is 24.3 Å². The summed E-state index contributed by atoms with van der Waals surface area (Å²) in [5, 5.41) is 0. The molecule has 1 atom stereocenters. The zero-order valence-electron chi connectivity index (χ0n) is 19.0. The van der Waals surface area contributed by atoms with Gasteiger partial charge >= 0.3 is 5.97 Å². The van der Waals surface area contributed by atoms with E-state index in [0.29, 0.717) is 17.9 Å². The molecule has 0 aromatic heterocycles. The van der Waals surface area contributed by atoms with Crippen molar-refractivity contribution in [2.75, 3.05) is 0 Å². The van der Waals surface area contributed by atoms with Crippen molar-refractivity contribution in [2.45, 2.75) is 103 Å². The number of rotatable bonds is 10. The predicted octanol–water partition coefficient (Wildman–Crippen LogP) is 6.85. The van der Waals surface area contributed by atoms with E-state index in [9.17, 15) is 9.59 Å². The quantitative estimate of drug-likeness (QED) is 0.183. The van der Waals surface area contributed by atoms with Gasteiger partial charge in [0, 0.05) is 6.42 Å². The van der Waals surface area contributed by atoms with Crippen molar-refractivity contribution in [3.8, 4) is 11.8 Å². The Hall–Kier alpha value is -2.08. The summed E-state index contributed by atoms with van der Waals surface area (Å²) >= 11 is 0. The third kappa shape index (κ3) is 7.98. The number of unbranched alkanes of at least 4 members (excludes halogenated alkanes) is 4. The molecule has 1 fully saturated rings. The number of hydrogen-bond acceptors (Lipinski definition) is 3. The molecule has 1 aliphatic rings. The molecule has 1 aromatic rings. The number of benzene rings is 1. The van der Waals surface area contributed by atoms with Gasteiger partial charge in [-0.25, -0.2) is 4.79 Å². The fourth-order valence-corrected chi connectivity index (χ4v) is 4.27. The lowest BCUT2D eigenvalue weighted by molar-refractivity contribution is -0.121. The molecule has 1 aromatic carbocycles. The van der Waals surface area contributed by atoms with Crippen LogP contribution in [0.3, 0.4) is 0 Å². The summed E-state index contributed by atoms with van der Waals surface area (Å²) in [6.07, 6.45) is 13.1. The molecule has 0 radical (unpaired) electrons. The molecule has 3 nitrogen and oxygen atoms in total. The molecule has 2 rings (SSSR count). The number of ketones is 1. The molecule has 1 unspecified atom stereocenters. The van der Waals surface area contributed by atoms with Gasteiger partial charge in [0.2, 0.25) is 5.78 Å². The van der Waals surface area contributed by atoms with E-state index in [4.69, 9.17) is 4.74 Å². The maximum Gasteiger partial charge on any atom is 0.338 e. The minimum absolute atomic E-state index is 0.357. The van der Waals surface area contributed by atoms with E-state index in [1.165, 1.54) is 69.8 Å². The van der Waals surface area contributed by atoms with Crippen LogP contribution in [0, 0.1) is 17.8 Å². The van der Waals surface area contributed by atoms with Gasteiger partial charge in [0.25, 0.3) is 0 Å². The summed E-state index contributed by atoms with van der Waals surface area (Å²) < 4.78 is 5.27. The first-order chi connectivity index (χ1) is 14.5. The van der Waals surface area contributed by atoms with Crippen LogP contribution in [0.25, 0.3) is 0 Å². The minimum Gasteiger partial charge on any atom is -0.450 e. The van der Waals surface area contributed by atoms with Gasteiger partial charge < -0.3 is 4.74 Å². The fourth-order valence-electron chi connectivity index (χ4n) is 4.27. The van der Waals surface area contributed by atoms with Crippen molar-refractivity contribution in [3.05, 3.63) is 35.4 Å². The van der Waals surface area contributed by atoms with Crippen LogP contribution in [0.1, 0.15) is 113 Å². The lowest BCUT2D eigenvalue weighted by Crippen LogP contribution is -2.23. The van der Waals surface area contributed by atoms with Gasteiger partial charge in [-0.15, -0.1) is 0 Å². The zero-order valence-corrected chi connectivity index (χ0v) is 19.0. The Balaban J connectivity index is 1.78. The highest BCUT2D eigenvalue weighted by Crippen LogP contribution is 2.37. The summed E-state index contributed by atoms with van der Waals surface area (Å²) in [4.78, 5) is 24.1. The summed E-state index contributed by atoms with van der Waals surface area (Å²) in [6.45, 7) is 5.71. The molecule has 0 bridgehead atoms. The van der Waals surface area contributed by atoms with E-state index in [1.807, 2.05) is 19.1 Å². The number of ether oxygens (including phenoxy) is 1. The smallest absolute Gasteiger partial charge is 0.338 e. The van der Waals surface area contributed by atoms with Crippen LogP contribution >= 0.6 is 0 Å². The molecular weight excluding hydrogens is 372 g/mol. The van der Waals surface area contributed by atoms with Crippen LogP contribution < -0.4 is 0 Å². The second-order valence-electron chi connectivity index (χ2n) is 8.61. The third-order valence-corrected chi connectivity index (χ3v) is 6.22. The summed E-state index contributed by atoms with van der Waals surface area (Å²) in [7, 11) is 0. The van der Waals surface area contributed by atoms with E-state index < -0.39 is 12.1 Å². The molecule has 0 heterocycles. The molecule has 30 heavy (non-hydrogen) atoms. The maximum atomic E-state index is 12.3. The van der Waals surface area contributed by atoms with E-state index in [0.717, 1.165) is 5.92 Å². The topological polar surface area (TPSA) is 43.4 Å². The van der Waals surface area contributed by atoms with Crippen LogP contribution in [0.4, 0.5) is 0 Å². The molecule has 0 aliphatic heterocycles. The molecule has 0 saturated heterocycles. The summed E-state index contributed by atoms with van der Waals surface area (Å²) in [5.74, 6) is 5.88. The standard InChI is InChI=1S/C27H38O3/c1-4-6-8-9-10-11-22-13-15-23(16-14-22)24-17-19-25(20-18-24)27(29)30-21(3)26(28)12-7-5-2/h17-23H,4-6,8-11,13-16H2,1-3H3. The maximum absolute atomic E-state index is 12.3. The first-order valence-electron chi connectivity index (χ1n) is 11.9. The monoisotopic (exact) mass is 410 g/mol. The summed E-state index contributed by atoms with van der Waals surface area (Å²) in [5.41, 5.74) is 1.80. The predicted molar refractivity (Wildman–Crippen MR) is 122 cm³/mol. The highest BCUT2D eigenvalue weighted by Gasteiger charge is 2.23. The average Bonchev–Trinajstić information content (AvgIpc) is 2.77. The minimum atomic E-state index is -0.839. The summed E-state index contributed by atoms with van der Waals surface area (Å²) in [6, 6.07) is 7.75. The van der Waals surface area contributed by atoms with Gasteiger partial charge in [-0.2, -0.15) is 0 Å². The van der Waals surface area contributed by atoms with Crippen molar-refractivity contribution in [3.63, 3.8) is 0 Å². The normalized spacial score (nSPS) is 19.4. The van der Waals surface area contributed by atoms with Gasteiger partial charge in [-0.05, 0) is 68.1 Å². The van der Waals surface area contributed by atoms with Crippen LogP contribution in [0.5, 0.6) is 0 Å². The molecule has 0 amide bonds. The van der Waals surface area contributed by atoms with Gasteiger partial charge in [-0.1, -0.05) is 70.4 Å². The molecule has 0 spiro atoms. The van der Waals surface area contributed by atoms with E-state index >= 15 is 0 Å².